The molecule has 8 heteroatoms. The maximum atomic E-state index is 9.89. The molecule has 0 aliphatic heterocycles. The molecule has 6 nitrogen and oxygen atoms in total. The highest BCUT2D eigenvalue weighted by Gasteiger charge is 2.18. The molecule has 0 bridgehead atoms. The minimum atomic E-state index is 0.353. The second-order valence-electron chi connectivity index (χ2n) is 6.05. The first-order chi connectivity index (χ1) is 14.0. The van der Waals surface area contributed by atoms with Crippen LogP contribution in [0.4, 0.5) is 11.5 Å². The van der Waals surface area contributed by atoms with Crippen LogP contribution in [0, 0.1) is 18.3 Å². The van der Waals surface area contributed by atoms with Crippen molar-refractivity contribution in [2.75, 3.05) is 25.8 Å². The molecule has 0 aliphatic rings. The van der Waals surface area contributed by atoms with Crippen molar-refractivity contribution < 1.29 is 9.47 Å². The van der Waals surface area contributed by atoms with E-state index in [0.29, 0.717) is 33.7 Å². The lowest BCUT2D eigenvalue weighted by Gasteiger charge is -2.14. The van der Waals surface area contributed by atoms with Crippen LogP contribution in [0.15, 0.2) is 46.0 Å². The number of hydrogen-bond acceptors (Lipinski definition) is 7. The van der Waals surface area contributed by atoms with Crippen molar-refractivity contribution in [3.63, 3.8) is 0 Å². The van der Waals surface area contributed by atoms with Crippen molar-refractivity contribution in [1.29, 1.82) is 5.26 Å². The summed E-state index contributed by atoms with van der Waals surface area (Å²) in [6.07, 6.45) is 1.89. The standard InChI is InChI=1S/C21H19BrN4O2S/c1-12-5-7-14(10-16(12)22)24-20-15(11-23)19(25-21(26-20)29-4)13-6-8-17(27-2)18(9-13)28-3/h5-10H,1-4H3,(H,24,25,26). The van der Waals surface area contributed by atoms with Crippen LogP contribution >= 0.6 is 27.7 Å². The van der Waals surface area contributed by atoms with Crippen LogP contribution in [0.5, 0.6) is 11.5 Å². The van der Waals surface area contributed by atoms with Gasteiger partial charge >= 0.3 is 0 Å². The quantitative estimate of drug-likeness (QED) is 0.372. The molecule has 0 saturated heterocycles. The minimum Gasteiger partial charge on any atom is -0.493 e. The second-order valence-corrected chi connectivity index (χ2v) is 7.68. The van der Waals surface area contributed by atoms with Gasteiger partial charge in [0.25, 0.3) is 0 Å². The van der Waals surface area contributed by atoms with Crippen molar-refractivity contribution in [3.05, 3.63) is 52.0 Å². The van der Waals surface area contributed by atoms with Crippen LogP contribution in [-0.4, -0.2) is 30.4 Å². The number of nitrogens with one attached hydrogen (secondary N) is 1. The molecular formula is C21H19BrN4O2S. The highest BCUT2D eigenvalue weighted by Crippen LogP contribution is 2.35. The molecular weight excluding hydrogens is 452 g/mol. The number of thioether (sulfide) groups is 1. The Morgan fingerprint density at radius 3 is 2.45 bits per heavy atom. The molecule has 1 N–H and O–H groups in total. The van der Waals surface area contributed by atoms with Gasteiger partial charge in [0.1, 0.15) is 11.6 Å². The zero-order valence-electron chi connectivity index (χ0n) is 16.4. The van der Waals surface area contributed by atoms with Crippen molar-refractivity contribution in [1.82, 2.24) is 9.97 Å². The molecule has 0 saturated carbocycles. The molecule has 0 atom stereocenters. The van der Waals surface area contributed by atoms with Crippen LogP contribution in [0.3, 0.4) is 0 Å². The van der Waals surface area contributed by atoms with E-state index in [1.807, 2.05) is 37.4 Å². The van der Waals surface area contributed by atoms with Crippen LogP contribution < -0.4 is 14.8 Å². The molecule has 3 rings (SSSR count). The van der Waals surface area contributed by atoms with E-state index in [4.69, 9.17) is 9.47 Å². The summed E-state index contributed by atoms with van der Waals surface area (Å²) in [4.78, 5) is 9.10. The third-order valence-electron chi connectivity index (χ3n) is 4.27. The molecule has 0 amide bonds. The van der Waals surface area contributed by atoms with E-state index in [0.717, 1.165) is 21.3 Å². The topological polar surface area (TPSA) is 80.1 Å². The van der Waals surface area contributed by atoms with E-state index in [-0.39, 0.29) is 0 Å². The average molecular weight is 471 g/mol. The van der Waals surface area contributed by atoms with E-state index in [1.165, 1.54) is 11.8 Å². The van der Waals surface area contributed by atoms with E-state index < -0.39 is 0 Å². The molecule has 1 aromatic heterocycles. The molecule has 3 aromatic rings. The van der Waals surface area contributed by atoms with Gasteiger partial charge in [-0.15, -0.1) is 0 Å². The molecule has 0 radical (unpaired) electrons. The summed E-state index contributed by atoms with van der Waals surface area (Å²) in [5, 5.41) is 13.7. The Morgan fingerprint density at radius 2 is 1.83 bits per heavy atom. The number of aryl methyl sites for hydroxylation is 1. The summed E-state index contributed by atoms with van der Waals surface area (Å²) in [5.41, 5.74) is 3.57. The highest BCUT2D eigenvalue weighted by atomic mass is 79.9. The Balaban J connectivity index is 2.14. The maximum absolute atomic E-state index is 9.89. The molecule has 2 aromatic carbocycles. The van der Waals surface area contributed by atoms with Crippen LogP contribution in [0.1, 0.15) is 11.1 Å². The van der Waals surface area contributed by atoms with Gasteiger partial charge in [0.15, 0.2) is 22.5 Å². The van der Waals surface area contributed by atoms with Gasteiger partial charge in [0.2, 0.25) is 0 Å². The third-order valence-corrected chi connectivity index (χ3v) is 5.68. The molecule has 0 spiro atoms. The van der Waals surface area contributed by atoms with Crippen LogP contribution in [-0.2, 0) is 0 Å². The Bertz CT molecular complexity index is 1100. The fourth-order valence-corrected chi connectivity index (χ4v) is 3.47. The predicted molar refractivity (Wildman–Crippen MR) is 119 cm³/mol. The SMILES string of the molecule is COc1ccc(-c2nc(SC)nc(Nc3ccc(C)c(Br)c3)c2C#N)cc1OC. The lowest BCUT2D eigenvalue weighted by molar-refractivity contribution is 0.355. The molecule has 1 heterocycles. The zero-order valence-corrected chi connectivity index (χ0v) is 18.8. The van der Waals surface area contributed by atoms with Gasteiger partial charge in [-0.05, 0) is 49.1 Å². The van der Waals surface area contributed by atoms with Gasteiger partial charge in [0, 0.05) is 15.7 Å². The Labute approximate surface area is 182 Å². The Morgan fingerprint density at radius 1 is 1.07 bits per heavy atom. The van der Waals surface area contributed by atoms with Gasteiger partial charge in [-0.1, -0.05) is 33.8 Å². The summed E-state index contributed by atoms with van der Waals surface area (Å²) < 4.78 is 11.7. The first-order valence-electron chi connectivity index (χ1n) is 8.62. The maximum Gasteiger partial charge on any atom is 0.189 e. The second kappa shape index (κ2) is 9.16. The number of halogens is 1. The molecule has 29 heavy (non-hydrogen) atoms. The van der Waals surface area contributed by atoms with E-state index in [1.54, 1.807) is 26.4 Å². The summed E-state index contributed by atoms with van der Waals surface area (Å²) in [6.45, 7) is 2.01. The van der Waals surface area contributed by atoms with Crippen LogP contribution in [0.2, 0.25) is 0 Å². The van der Waals surface area contributed by atoms with Crippen molar-refractivity contribution >= 4 is 39.2 Å². The third kappa shape index (κ3) is 4.47. The zero-order chi connectivity index (χ0) is 21.0. The first-order valence-corrected chi connectivity index (χ1v) is 10.6. The number of benzene rings is 2. The normalized spacial score (nSPS) is 10.3. The number of rotatable bonds is 6. The predicted octanol–water partition coefficient (Wildman–Crippen LogP) is 5.57. The van der Waals surface area contributed by atoms with Crippen molar-refractivity contribution in [3.8, 4) is 28.8 Å². The van der Waals surface area contributed by atoms with E-state index >= 15 is 0 Å². The molecule has 0 aliphatic carbocycles. The van der Waals surface area contributed by atoms with Gasteiger partial charge in [-0.3, -0.25) is 0 Å². The average Bonchev–Trinajstić information content (AvgIpc) is 2.75. The number of nitriles is 1. The minimum absolute atomic E-state index is 0.353. The van der Waals surface area contributed by atoms with E-state index in [9.17, 15) is 5.26 Å². The lowest BCUT2D eigenvalue weighted by Crippen LogP contribution is -2.04. The van der Waals surface area contributed by atoms with Crippen molar-refractivity contribution in [2.45, 2.75) is 12.1 Å². The van der Waals surface area contributed by atoms with E-state index in [2.05, 4.69) is 37.3 Å². The van der Waals surface area contributed by atoms with Crippen molar-refractivity contribution in [2.24, 2.45) is 0 Å². The monoisotopic (exact) mass is 470 g/mol. The number of anilines is 2. The van der Waals surface area contributed by atoms with Gasteiger partial charge in [0.05, 0.1) is 19.9 Å². The summed E-state index contributed by atoms with van der Waals surface area (Å²) in [6, 6.07) is 13.6. The van der Waals surface area contributed by atoms with Gasteiger partial charge in [-0.2, -0.15) is 5.26 Å². The fourth-order valence-electron chi connectivity index (χ4n) is 2.73. The largest absolute Gasteiger partial charge is 0.493 e. The molecule has 148 valence electrons. The number of hydrogen-bond donors (Lipinski definition) is 1. The first kappa shape index (κ1) is 21.0. The summed E-state index contributed by atoms with van der Waals surface area (Å²) in [5.74, 6) is 1.62. The molecule has 0 fully saturated rings. The Kier molecular flexibility index (Phi) is 6.62. The summed E-state index contributed by atoms with van der Waals surface area (Å²) in [7, 11) is 3.15. The number of ether oxygens (including phenoxy) is 2. The van der Waals surface area contributed by atoms with Crippen LogP contribution in [0.25, 0.3) is 11.3 Å². The molecule has 0 unspecified atom stereocenters. The highest BCUT2D eigenvalue weighted by molar-refractivity contribution is 9.10. The lowest BCUT2D eigenvalue weighted by atomic mass is 10.1. The number of methoxy groups -OCH3 is 2. The smallest absolute Gasteiger partial charge is 0.189 e. The Hall–Kier alpha value is -2.76. The fraction of sp³-hybridized carbons (Fsp3) is 0.190. The number of nitrogens with zero attached hydrogens (tertiary/aromatic N) is 3. The van der Waals surface area contributed by atoms with Gasteiger partial charge in [-0.25, -0.2) is 9.97 Å². The summed E-state index contributed by atoms with van der Waals surface area (Å²) >= 11 is 4.94. The number of aromatic nitrogens is 2. The van der Waals surface area contributed by atoms with Gasteiger partial charge < -0.3 is 14.8 Å².